The number of nitrogens with zero attached hydrogens (tertiary/aromatic N) is 4. The van der Waals surface area contributed by atoms with Gasteiger partial charge in [0.05, 0.1) is 27.1 Å². The maximum absolute atomic E-state index is 12.7. The Balaban J connectivity index is 1.69. The first kappa shape index (κ1) is 17.9. The standard InChI is InChI=1S/C16H8N4O6S2/c21-14-11-5-6-17-7-12(11)15(22)19(14)16-18-8-13(27-16)28(25,26)10-3-1-9(2-4-10)20(23)24/h1-8H. The average molecular weight is 416 g/mol. The van der Waals surface area contributed by atoms with Crippen LogP contribution in [-0.2, 0) is 9.84 Å². The maximum Gasteiger partial charge on any atom is 0.269 e. The molecule has 0 fully saturated rings. The molecule has 0 bridgehead atoms. The lowest BCUT2D eigenvalue weighted by Gasteiger charge is -2.08. The van der Waals surface area contributed by atoms with Gasteiger partial charge in [-0.3, -0.25) is 24.7 Å². The Kier molecular flexibility index (Phi) is 4.01. The maximum atomic E-state index is 12.7. The second-order valence-corrected chi connectivity index (χ2v) is 8.77. The van der Waals surface area contributed by atoms with Crippen LogP contribution in [0, 0.1) is 10.1 Å². The van der Waals surface area contributed by atoms with Gasteiger partial charge in [-0.1, -0.05) is 11.3 Å². The number of hydrogen-bond donors (Lipinski definition) is 0. The van der Waals surface area contributed by atoms with Gasteiger partial charge in [-0.05, 0) is 18.2 Å². The second kappa shape index (κ2) is 6.28. The Morgan fingerprint density at radius 2 is 1.68 bits per heavy atom. The zero-order chi connectivity index (χ0) is 20.1. The van der Waals surface area contributed by atoms with Crippen LogP contribution in [0.15, 0.2) is 58.0 Å². The molecule has 4 rings (SSSR count). The summed E-state index contributed by atoms with van der Waals surface area (Å²) in [5, 5.41) is 10.6. The van der Waals surface area contributed by atoms with E-state index in [1.54, 1.807) is 0 Å². The number of benzene rings is 1. The monoisotopic (exact) mass is 416 g/mol. The van der Waals surface area contributed by atoms with Crippen molar-refractivity contribution in [3.8, 4) is 0 Å². The number of hydrogen-bond acceptors (Lipinski definition) is 9. The van der Waals surface area contributed by atoms with Gasteiger partial charge < -0.3 is 0 Å². The number of carbonyl (C=O) groups excluding carboxylic acids is 2. The Labute approximate surface area is 161 Å². The first-order valence-corrected chi connectivity index (χ1v) is 9.89. The quantitative estimate of drug-likeness (QED) is 0.358. The number of pyridine rings is 1. The molecule has 28 heavy (non-hydrogen) atoms. The van der Waals surface area contributed by atoms with Crippen molar-refractivity contribution in [3.05, 3.63) is 70.2 Å². The molecular weight excluding hydrogens is 408 g/mol. The molecule has 0 spiro atoms. The number of amides is 2. The number of carbonyl (C=O) groups is 2. The lowest BCUT2D eigenvalue weighted by molar-refractivity contribution is -0.384. The number of rotatable bonds is 4. The zero-order valence-corrected chi connectivity index (χ0v) is 15.3. The summed E-state index contributed by atoms with van der Waals surface area (Å²) in [5.74, 6) is -1.25. The predicted molar refractivity (Wildman–Crippen MR) is 96.0 cm³/mol. The lowest BCUT2D eigenvalue weighted by Crippen LogP contribution is -2.29. The topological polar surface area (TPSA) is 140 Å². The molecular formula is C16H8N4O6S2. The van der Waals surface area contributed by atoms with Gasteiger partial charge >= 0.3 is 0 Å². The Morgan fingerprint density at radius 1 is 1.00 bits per heavy atom. The summed E-state index contributed by atoms with van der Waals surface area (Å²) in [6, 6.07) is 5.77. The van der Waals surface area contributed by atoms with Crippen LogP contribution >= 0.6 is 11.3 Å². The van der Waals surface area contributed by atoms with Gasteiger partial charge in [0.25, 0.3) is 17.5 Å². The van der Waals surface area contributed by atoms with Crippen LogP contribution in [0.25, 0.3) is 0 Å². The summed E-state index contributed by atoms with van der Waals surface area (Å²) in [5.41, 5.74) is 0.0287. The van der Waals surface area contributed by atoms with Crippen LogP contribution in [0.4, 0.5) is 10.8 Å². The van der Waals surface area contributed by atoms with Crippen molar-refractivity contribution < 1.29 is 22.9 Å². The highest BCUT2D eigenvalue weighted by atomic mass is 32.2. The van der Waals surface area contributed by atoms with E-state index in [0.29, 0.717) is 11.3 Å². The van der Waals surface area contributed by atoms with E-state index in [0.717, 1.165) is 35.4 Å². The Morgan fingerprint density at radius 3 is 2.32 bits per heavy atom. The molecule has 3 heterocycles. The van der Waals surface area contributed by atoms with Gasteiger partial charge in [-0.25, -0.2) is 18.3 Å². The van der Waals surface area contributed by atoms with Crippen molar-refractivity contribution in [1.29, 1.82) is 0 Å². The minimum Gasteiger partial charge on any atom is -0.268 e. The summed E-state index contributed by atoms with van der Waals surface area (Å²) in [6.07, 6.45) is 3.68. The van der Waals surface area contributed by atoms with E-state index >= 15 is 0 Å². The molecule has 2 amide bonds. The molecule has 12 heteroatoms. The second-order valence-electron chi connectivity index (χ2n) is 5.58. The molecule has 1 aliphatic rings. The lowest BCUT2D eigenvalue weighted by atomic mass is 10.2. The van der Waals surface area contributed by atoms with E-state index in [2.05, 4.69) is 9.97 Å². The van der Waals surface area contributed by atoms with Crippen LogP contribution in [-0.4, -0.2) is 35.1 Å². The fraction of sp³-hybridized carbons (Fsp3) is 0. The first-order valence-electron chi connectivity index (χ1n) is 7.59. The van der Waals surface area contributed by atoms with Gasteiger partial charge in [0, 0.05) is 24.5 Å². The Hall–Kier alpha value is -3.51. The van der Waals surface area contributed by atoms with Gasteiger partial charge in [-0.2, -0.15) is 0 Å². The van der Waals surface area contributed by atoms with Gasteiger partial charge in [-0.15, -0.1) is 0 Å². The van der Waals surface area contributed by atoms with Crippen molar-refractivity contribution in [2.45, 2.75) is 9.10 Å². The SMILES string of the molecule is O=C1c2ccncc2C(=O)N1c1ncc(S(=O)(=O)c2ccc([N+](=O)[O-])cc2)s1. The molecule has 0 atom stereocenters. The van der Waals surface area contributed by atoms with Crippen molar-refractivity contribution in [2.24, 2.45) is 0 Å². The van der Waals surface area contributed by atoms with Gasteiger partial charge in [0.15, 0.2) is 0 Å². The number of nitro benzene ring substituents is 1. The van der Waals surface area contributed by atoms with E-state index in [9.17, 15) is 28.1 Å². The molecule has 10 nitrogen and oxygen atoms in total. The number of thiazole rings is 1. The fourth-order valence-corrected chi connectivity index (χ4v) is 5.12. The number of fused-ring (bicyclic) bond motifs is 1. The predicted octanol–water partition coefficient (Wildman–Crippen LogP) is 2.08. The molecule has 0 unspecified atom stereocenters. The third-order valence-electron chi connectivity index (χ3n) is 3.97. The molecule has 0 saturated heterocycles. The first-order chi connectivity index (χ1) is 13.3. The van der Waals surface area contributed by atoms with E-state index in [1.807, 2.05) is 0 Å². The van der Waals surface area contributed by atoms with E-state index in [1.165, 1.54) is 18.5 Å². The summed E-state index contributed by atoms with van der Waals surface area (Å²) >= 11 is 0.651. The van der Waals surface area contributed by atoms with Crippen LogP contribution < -0.4 is 4.90 Å². The van der Waals surface area contributed by atoms with E-state index in [4.69, 9.17) is 0 Å². The van der Waals surface area contributed by atoms with Crippen molar-refractivity contribution in [2.75, 3.05) is 4.90 Å². The number of sulfone groups is 1. The summed E-state index contributed by atoms with van der Waals surface area (Å²) in [4.78, 5) is 43.4. The molecule has 1 aliphatic heterocycles. The highest BCUT2D eigenvalue weighted by Crippen LogP contribution is 2.35. The normalized spacial score (nSPS) is 13.6. The number of nitro groups is 1. The van der Waals surface area contributed by atoms with E-state index < -0.39 is 26.6 Å². The number of non-ortho nitro benzene ring substituents is 1. The number of aromatic nitrogens is 2. The summed E-state index contributed by atoms with van der Waals surface area (Å²) < 4.78 is 25.3. The molecule has 0 radical (unpaired) electrons. The van der Waals surface area contributed by atoms with Crippen LogP contribution in [0.3, 0.4) is 0 Å². The van der Waals surface area contributed by atoms with E-state index in [-0.39, 0.29) is 31.1 Å². The number of imide groups is 1. The number of anilines is 1. The molecule has 2 aromatic heterocycles. The summed E-state index contributed by atoms with van der Waals surface area (Å²) in [7, 11) is -4.02. The minimum atomic E-state index is -4.02. The highest BCUT2D eigenvalue weighted by Gasteiger charge is 2.39. The Bertz CT molecular complexity index is 1220. The molecule has 0 N–H and O–H groups in total. The zero-order valence-electron chi connectivity index (χ0n) is 13.7. The third-order valence-corrected chi connectivity index (χ3v) is 7.19. The molecule has 1 aromatic carbocycles. The summed E-state index contributed by atoms with van der Waals surface area (Å²) in [6.45, 7) is 0. The van der Waals surface area contributed by atoms with Crippen molar-refractivity contribution in [1.82, 2.24) is 9.97 Å². The van der Waals surface area contributed by atoms with Crippen LogP contribution in [0.2, 0.25) is 0 Å². The van der Waals surface area contributed by atoms with Crippen LogP contribution in [0.5, 0.6) is 0 Å². The minimum absolute atomic E-state index is 0.0910. The van der Waals surface area contributed by atoms with Crippen molar-refractivity contribution >= 4 is 43.8 Å². The average Bonchev–Trinajstić information content (AvgIpc) is 3.26. The molecule has 3 aromatic rings. The van der Waals surface area contributed by atoms with Crippen molar-refractivity contribution in [3.63, 3.8) is 0 Å². The smallest absolute Gasteiger partial charge is 0.268 e. The van der Waals surface area contributed by atoms with Gasteiger partial charge in [0.1, 0.15) is 4.21 Å². The third kappa shape index (κ3) is 2.66. The highest BCUT2D eigenvalue weighted by molar-refractivity contribution is 7.93. The largest absolute Gasteiger partial charge is 0.269 e. The fourth-order valence-electron chi connectivity index (χ4n) is 2.60. The van der Waals surface area contributed by atoms with Gasteiger partial charge in [0.2, 0.25) is 15.0 Å². The molecule has 0 saturated carbocycles. The van der Waals surface area contributed by atoms with Crippen LogP contribution in [0.1, 0.15) is 20.7 Å². The molecule has 140 valence electrons. The molecule has 0 aliphatic carbocycles.